The summed E-state index contributed by atoms with van der Waals surface area (Å²) in [4.78, 5) is 22.1. The second-order valence-electron chi connectivity index (χ2n) is 2.90. The lowest BCUT2D eigenvalue weighted by Crippen LogP contribution is -2.40. The van der Waals surface area contributed by atoms with Crippen LogP contribution >= 0.6 is 0 Å². The van der Waals surface area contributed by atoms with Crippen LogP contribution in [0.2, 0.25) is 0 Å². The molecule has 0 aliphatic rings. The molecule has 0 bridgehead atoms. The quantitative estimate of drug-likeness (QED) is 0.732. The molecule has 1 aromatic heterocycles. The third-order valence-electron chi connectivity index (χ3n) is 1.86. The molecule has 1 aromatic rings. The predicted molar refractivity (Wildman–Crippen MR) is 51.2 cm³/mol. The Labute approximate surface area is 86.3 Å². The van der Waals surface area contributed by atoms with Crippen LogP contribution in [-0.4, -0.2) is 33.2 Å². The number of nitrogens with one attached hydrogen (secondary N) is 1. The summed E-state index contributed by atoms with van der Waals surface area (Å²) in [5, 5.41) is 18.1. The number of hydrogen-bond acceptors (Lipinski definition) is 4. The zero-order chi connectivity index (χ0) is 11.3. The van der Waals surface area contributed by atoms with Gasteiger partial charge in [0.1, 0.15) is 6.04 Å². The molecule has 15 heavy (non-hydrogen) atoms. The lowest BCUT2D eigenvalue weighted by atomic mass is 10.2. The van der Waals surface area contributed by atoms with Crippen molar-refractivity contribution in [3.63, 3.8) is 0 Å². The number of carboxylic acids is 1. The minimum atomic E-state index is -1.05. The van der Waals surface area contributed by atoms with Gasteiger partial charge in [0.05, 0.1) is 18.0 Å². The van der Waals surface area contributed by atoms with Crippen molar-refractivity contribution in [2.24, 2.45) is 0 Å². The Morgan fingerprint density at radius 2 is 2.27 bits per heavy atom. The van der Waals surface area contributed by atoms with E-state index in [1.807, 2.05) is 0 Å². The topological polar surface area (TPSA) is 92.2 Å². The minimum Gasteiger partial charge on any atom is -0.480 e. The number of carbonyl (C=O) groups is 2. The van der Waals surface area contributed by atoms with Gasteiger partial charge in [-0.1, -0.05) is 6.92 Å². The maximum Gasteiger partial charge on any atom is 0.326 e. The van der Waals surface area contributed by atoms with Crippen LogP contribution < -0.4 is 5.32 Å². The largest absolute Gasteiger partial charge is 0.480 e. The Hall–Kier alpha value is -1.98. The summed E-state index contributed by atoms with van der Waals surface area (Å²) in [5.74, 6) is -1.51. The fraction of sp³-hybridized carbons (Fsp3) is 0.333. The van der Waals surface area contributed by atoms with Gasteiger partial charge in [0.2, 0.25) is 0 Å². The SMILES string of the molecule is CCC(NC(=O)c1ccnnc1)C(=O)O. The van der Waals surface area contributed by atoms with E-state index in [4.69, 9.17) is 5.11 Å². The highest BCUT2D eigenvalue weighted by Gasteiger charge is 2.18. The van der Waals surface area contributed by atoms with E-state index in [2.05, 4.69) is 15.5 Å². The highest BCUT2D eigenvalue weighted by Crippen LogP contribution is 1.97. The van der Waals surface area contributed by atoms with Crippen molar-refractivity contribution < 1.29 is 14.7 Å². The standard InChI is InChI=1S/C9H11N3O3/c1-2-7(9(14)15)12-8(13)6-3-4-10-11-5-6/h3-5,7H,2H2,1H3,(H,12,13)(H,14,15). The summed E-state index contributed by atoms with van der Waals surface area (Å²) in [6.45, 7) is 1.68. The van der Waals surface area contributed by atoms with E-state index in [9.17, 15) is 9.59 Å². The van der Waals surface area contributed by atoms with Crippen LogP contribution in [0.25, 0.3) is 0 Å². The van der Waals surface area contributed by atoms with Crippen molar-refractivity contribution in [3.8, 4) is 0 Å². The summed E-state index contributed by atoms with van der Waals surface area (Å²) in [5.41, 5.74) is 0.296. The van der Waals surface area contributed by atoms with Crippen molar-refractivity contribution in [1.29, 1.82) is 0 Å². The van der Waals surface area contributed by atoms with Crippen molar-refractivity contribution in [2.45, 2.75) is 19.4 Å². The maximum atomic E-state index is 11.5. The van der Waals surface area contributed by atoms with E-state index in [1.165, 1.54) is 18.5 Å². The molecular formula is C9H11N3O3. The number of nitrogens with zero attached hydrogens (tertiary/aromatic N) is 2. The van der Waals surface area contributed by atoms with Crippen molar-refractivity contribution >= 4 is 11.9 Å². The molecule has 1 heterocycles. The third-order valence-corrected chi connectivity index (χ3v) is 1.86. The normalized spacial score (nSPS) is 11.8. The van der Waals surface area contributed by atoms with Crippen molar-refractivity contribution in [3.05, 3.63) is 24.0 Å². The monoisotopic (exact) mass is 209 g/mol. The second kappa shape index (κ2) is 5.04. The average Bonchev–Trinajstić information content (AvgIpc) is 2.26. The first-order chi connectivity index (χ1) is 7.15. The van der Waals surface area contributed by atoms with Crippen LogP contribution in [0, 0.1) is 0 Å². The van der Waals surface area contributed by atoms with Gasteiger partial charge in [0.15, 0.2) is 0 Å². The smallest absolute Gasteiger partial charge is 0.326 e. The first-order valence-electron chi connectivity index (χ1n) is 4.45. The molecule has 2 N–H and O–H groups in total. The Balaban J connectivity index is 2.67. The van der Waals surface area contributed by atoms with E-state index in [0.717, 1.165) is 0 Å². The molecule has 0 saturated carbocycles. The fourth-order valence-corrected chi connectivity index (χ4v) is 1.01. The van der Waals surface area contributed by atoms with Crippen LogP contribution in [0.1, 0.15) is 23.7 Å². The first kappa shape index (κ1) is 11.1. The van der Waals surface area contributed by atoms with Gasteiger partial charge in [-0.15, -0.1) is 0 Å². The highest BCUT2D eigenvalue weighted by atomic mass is 16.4. The summed E-state index contributed by atoms with van der Waals surface area (Å²) in [6.07, 6.45) is 2.99. The lowest BCUT2D eigenvalue weighted by molar-refractivity contribution is -0.139. The molecule has 6 heteroatoms. The molecule has 1 amide bonds. The van der Waals surface area contributed by atoms with E-state index in [0.29, 0.717) is 12.0 Å². The van der Waals surface area contributed by atoms with Gasteiger partial charge in [0.25, 0.3) is 5.91 Å². The van der Waals surface area contributed by atoms with Crippen LogP contribution in [0.5, 0.6) is 0 Å². The zero-order valence-electron chi connectivity index (χ0n) is 8.17. The van der Waals surface area contributed by atoms with E-state index < -0.39 is 17.9 Å². The maximum absolute atomic E-state index is 11.5. The Kier molecular flexibility index (Phi) is 3.73. The number of carboxylic acid groups (broad SMARTS) is 1. The molecule has 1 unspecified atom stereocenters. The summed E-state index contributed by atoms with van der Waals surface area (Å²) < 4.78 is 0. The first-order valence-corrected chi connectivity index (χ1v) is 4.45. The van der Waals surface area contributed by atoms with Crippen molar-refractivity contribution in [2.75, 3.05) is 0 Å². The summed E-state index contributed by atoms with van der Waals surface area (Å²) in [6, 6.07) is 0.599. The van der Waals surface area contributed by atoms with Gasteiger partial charge >= 0.3 is 5.97 Å². The number of carbonyl (C=O) groups excluding carboxylic acids is 1. The van der Waals surface area contributed by atoms with Crippen LogP contribution in [0.3, 0.4) is 0 Å². The number of hydrogen-bond donors (Lipinski definition) is 2. The zero-order valence-corrected chi connectivity index (χ0v) is 8.17. The molecule has 0 aliphatic carbocycles. The van der Waals surface area contributed by atoms with Gasteiger partial charge in [-0.05, 0) is 12.5 Å². The molecule has 0 radical (unpaired) electrons. The average molecular weight is 209 g/mol. The van der Waals surface area contributed by atoms with E-state index in [-0.39, 0.29) is 0 Å². The molecule has 0 fully saturated rings. The van der Waals surface area contributed by atoms with Gasteiger partial charge in [-0.25, -0.2) is 4.79 Å². The molecule has 1 atom stereocenters. The highest BCUT2D eigenvalue weighted by molar-refractivity contribution is 5.96. The summed E-state index contributed by atoms with van der Waals surface area (Å²) >= 11 is 0. The number of amides is 1. The van der Waals surface area contributed by atoms with Crippen molar-refractivity contribution in [1.82, 2.24) is 15.5 Å². The molecular weight excluding hydrogens is 198 g/mol. The Morgan fingerprint density at radius 1 is 1.53 bits per heavy atom. The minimum absolute atomic E-state index is 0.296. The molecule has 1 rings (SSSR count). The third kappa shape index (κ3) is 3.01. The van der Waals surface area contributed by atoms with Crippen LogP contribution in [-0.2, 0) is 4.79 Å². The molecule has 6 nitrogen and oxygen atoms in total. The van der Waals surface area contributed by atoms with Gasteiger partial charge in [-0.3, -0.25) is 4.79 Å². The van der Waals surface area contributed by atoms with Gasteiger partial charge < -0.3 is 10.4 Å². The second-order valence-corrected chi connectivity index (χ2v) is 2.90. The molecule has 0 saturated heterocycles. The molecule has 0 aromatic carbocycles. The fourth-order valence-electron chi connectivity index (χ4n) is 1.01. The van der Waals surface area contributed by atoms with Crippen LogP contribution in [0.4, 0.5) is 0 Å². The Bertz CT molecular complexity index is 353. The molecule has 0 spiro atoms. The van der Waals surface area contributed by atoms with Gasteiger partial charge in [-0.2, -0.15) is 10.2 Å². The Morgan fingerprint density at radius 3 is 2.73 bits per heavy atom. The predicted octanol–water partition coefficient (Wildman–Crippen LogP) is 0.0696. The lowest BCUT2D eigenvalue weighted by Gasteiger charge is -2.11. The number of aliphatic carboxylic acids is 1. The van der Waals surface area contributed by atoms with E-state index >= 15 is 0 Å². The summed E-state index contributed by atoms with van der Waals surface area (Å²) in [7, 11) is 0. The molecule has 80 valence electrons. The number of rotatable bonds is 4. The molecule has 0 aliphatic heterocycles. The van der Waals surface area contributed by atoms with E-state index in [1.54, 1.807) is 6.92 Å². The number of aromatic nitrogens is 2. The van der Waals surface area contributed by atoms with Crippen LogP contribution in [0.15, 0.2) is 18.5 Å². The van der Waals surface area contributed by atoms with Gasteiger partial charge in [0, 0.05) is 0 Å².